The Morgan fingerprint density at radius 1 is 1.06 bits per heavy atom. The van der Waals surface area contributed by atoms with Crippen molar-refractivity contribution in [3.05, 3.63) is 71.9 Å². The van der Waals surface area contributed by atoms with Crippen molar-refractivity contribution in [2.45, 2.75) is 13.1 Å². The Balaban J connectivity index is 1.68. The lowest BCUT2D eigenvalue weighted by atomic mass is 10.2. The first kappa shape index (κ1) is 25.3. The summed E-state index contributed by atoms with van der Waals surface area (Å²) in [4.78, 5) is 29.0. The molecule has 1 N–H and O–H groups in total. The molecule has 3 aromatic rings. The number of halogens is 3. The number of aromatic nitrogens is 1. The van der Waals surface area contributed by atoms with Crippen molar-refractivity contribution in [1.29, 1.82) is 0 Å². The Kier molecular flexibility index (Phi) is 7.80. The summed E-state index contributed by atoms with van der Waals surface area (Å²) in [6.45, 7) is 1.96. The summed E-state index contributed by atoms with van der Waals surface area (Å²) in [5.74, 6) is -0.958. The smallest absolute Gasteiger partial charge is 0.416 e. The van der Waals surface area contributed by atoms with Gasteiger partial charge in [-0.3, -0.25) is 4.79 Å². The summed E-state index contributed by atoms with van der Waals surface area (Å²) in [5, 5.41) is 13.4. The topological polar surface area (TPSA) is 104 Å². The van der Waals surface area contributed by atoms with Gasteiger partial charge in [-0.2, -0.15) is 13.2 Å². The fourth-order valence-corrected chi connectivity index (χ4v) is 3.11. The standard InChI is InChI=1S/C24H22F3N3O5/c1-3-30(14-22(31)32)18-9-10-19(20(12-18)34-2)35-21-11-4-15(13-28-21)23(33)29-17-7-5-16(6-8-17)24(25,26)27/h4-13H,3,14H2,1-2H3,(H,29,33)(H,31,32)/p-1. The second-order valence-electron chi connectivity index (χ2n) is 7.24. The number of nitrogens with zero attached hydrogens (tertiary/aromatic N) is 2. The molecule has 11 heteroatoms. The van der Waals surface area contributed by atoms with E-state index in [0.29, 0.717) is 23.7 Å². The van der Waals surface area contributed by atoms with E-state index in [9.17, 15) is 27.9 Å². The van der Waals surface area contributed by atoms with Crippen molar-refractivity contribution in [1.82, 2.24) is 4.98 Å². The highest BCUT2D eigenvalue weighted by Crippen LogP contribution is 2.34. The van der Waals surface area contributed by atoms with E-state index in [0.717, 1.165) is 24.3 Å². The van der Waals surface area contributed by atoms with Crippen LogP contribution in [0.1, 0.15) is 22.8 Å². The number of hydrogen-bond donors (Lipinski definition) is 1. The number of aliphatic carboxylic acids is 1. The average molecular weight is 488 g/mol. The molecule has 0 unspecified atom stereocenters. The zero-order chi connectivity index (χ0) is 25.6. The predicted octanol–water partition coefficient (Wildman–Crippen LogP) is 3.73. The van der Waals surface area contributed by atoms with Gasteiger partial charge in [0.2, 0.25) is 5.88 Å². The molecule has 1 amide bonds. The number of rotatable bonds is 9. The predicted molar refractivity (Wildman–Crippen MR) is 120 cm³/mol. The number of ether oxygens (including phenoxy) is 2. The van der Waals surface area contributed by atoms with E-state index in [1.54, 1.807) is 30.0 Å². The number of hydrogen-bond acceptors (Lipinski definition) is 7. The van der Waals surface area contributed by atoms with Gasteiger partial charge >= 0.3 is 6.18 Å². The second-order valence-corrected chi connectivity index (χ2v) is 7.24. The van der Waals surface area contributed by atoms with Crippen molar-refractivity contribution >= 4 is 23.3 Å². The lowest BCUT2D eigenvalue weighted by Gasteiger charge is -2.24. The second kappa shape index (κ2) is 10.8. The molecule has 0 spiro atoms. The number of anilines is 2. The lowest BCUT2D eigenvalue weighted by Crippen LogP contribution is -2.38. The average Bonchev–Trinajstić information content (AvgIpc) is 2.83. The molecule has 0 fully saturated rings. The van der Waals surface area contributed by atoms with Crippen LogP contribution in [-0.2, 0) is 11.0 Å². The van der Waals surface area contributed by atoms with Crippen molar-refractivity contribution in [2.75, 3.05) is 30.4 Å². The number of amides is 1. The number of carboxylic acids is 1. The summed E-state index contributed by atoms with van der Waals surface area (Å²) in [6, 6.07) is 11.8. The zero-order valence-corrected chi connectivity index (χ0v) is 18.8. The number of benzene rings is 2. The molecule has 35 heavy (non-hydrogen) atoms. The Morgan fingerprint density at radius 2 is 1.77 bits per heavy atom. The highest BCUT2D eigenvalue weighted by molar-refractivity contribution is 6.04. The number of carbonyl (C=O) groups is 2. The summed E-state index contributed by atoms with van der Waals surface area (Å²) >= 11 is 0. The Morgan fingerprint density at radius 3 is 2.31 bits per heavy atom. The van der Waals surface area contributed by atoms with Gasteiger partial charge in [0.15, 0.2) is 11.5 Å². The van der Waals surface area contributed by atoms with Crippen LogP contribution in [0.2, 0.25) is 0 Å². The van der Waals surface area contributed by atoms with E-state index in [1.165, 1.54) is 25.4 Å². The first-order chi connectivity index (χ1) is 16.6. The van der Waals surface area contributed by atoms with Crippen LogP contribution in [0.15, 0.2) is 60.8 Å². The van der Waals surface area contributed by atoms with E-state index in [-0.39, 0.29) is 23.7 Å². The summed E-state index contributed by atoms with van der Waals surface area (Å²) < 4.78 is 49.1. The van der Waals surface area contributed by atoms with Gasteiger partial charge in [-0.1, -0.05) is 0 Å². The zero-order valence-electron chi connectivity index (χ0n) is 18.8. The van der Waals surface area contributed by atoms with Crippen LogP contribution in [0.3, 0.4) is 0 Å². The van der Waals surface area contributed by atoms with Crippen molar-refractivity contribution in [3.63, 3.8) is 0 Å². The van der Waals surface area contributed by atoms with Gasteiger partial charge in [0.05, 0.1) is 30.8 Å². The number of nitrogens with one attached hydrogen (secondary N) is 1. The van der Waals surface area contributed by atoms with Crippen LogP contribution in [-0.4, -0.2) is 37.1 Å². The third-order valence-corrected chi connectivity index (χ3v) is 4.90. The van der Waals surface area contributed by atoms with Crippen molar-refractivity contribution < 1.29 is 37.3 Å². The molecule has 0 atom stereocenters. The van der Waals surface area contributed by atoms with E-state index < -0.39 is 23.6 Å². The Hall–Kier alpha value is -4.28. The summed E-state index contributed by atoms with van der Waals surface area (Å²) in [6.07, 6.45) is -3.20. The van der Waals surface area contributed by atoms with Crippen LogP contribution >= 0.6 is 0 Å². The molecule has 0 aliphatic rings. The van der Waals surface area contributed by atoms with E-state index >= 15 is 0 Å². The first-order valence-corrected chi connectivity index (χ1v) is 10.4. The Bertz CT molecular complexity index is 1180. The number of pyridine rings is 1. The minimum absolute atomic E-state index is 0.157. The minimum atomic E-state index is -4.46. The minimum Gasteiger partial charge on any atom is -0.548 e. The molecule has 3 rings (SSSR count). The molecule has 0 aliphatic heterocycles. The molecule has 0 saturated heterocycles. The van der Waals surface area contributed by atoms with Crippen molar-refractivity contribution in [2.24, 2.45) is 0 Å². The molecule has 2 aromatic carbocycles. The fraction of sp³-hybridized carbons (Fsp3) is 0.208. The van der Waals surface area contributed by atoms with Gasteiger partial charge in [-0.15, -0.1) is 0 Å². The molecule has 0 saturated carbocycles. The third-order valence-electron chi connectivity index (χ3n) is 4.90. The fourth-order valence-electron chi connectivity index (χ4n) is 3.11. The number of methoxy groups -OCH3 is 1. The highest BCUT2D eigenvalue weighted by atomic mass is 19.4. The SMILES string of the molecule is CCN(CC(=O)[O-])c1ccc(Oc2ccc(C(=O)Nc3ccc(C(F)(F)F)cc3)cn2)c(OC)c1. The molecular formula is C24H21F3N3O5-. The molecule has 8 nitrogen and oxygen atoms in total. The summed E-state index contributed by atoms with van der Waals surface area (Å²) in [7, 11) is 1.43. The number of carbonyl (C=O) groups excluding carboxylic acids is 2. The molecule has 1 heterocycles. The van der Waals surface area contributed by atoms with Crippen LogP contribution in [0.4, 0.5) is 24.5 Å². The molecule has 184 valence electrons. The van der Waals surface area contributed by atoms with Gasteiger partial charge in [0.25, 0.3) is 5.91 Å². The first-order valence-electron chi connectivity index (χ1n) is 10.4. The van der Waals surface area contributed by atoms with Gasteiger partial charge in [0, 0.05) is 36.2 Å². The molecular weight excluding hydrogens is 467 g/mol. The van der Waals surface area contributed by atoms with Crippen LogP contribution in [0.5, 0.6) is 17.4 Å². The van der Waals surface area contributed by atoms with Crippen molar-refractivity contribution in [3.8, 4) is 17.4 Å². The Labute approximate surface area is 198 Å². The number of carboxylic acid groups (broad SMARTS) is 1. The van der Waals surface area contributed by atoms with Gasteiger partial charge in [-0.05, 0) is 49.4 Å². The molecule has 0 radical (unpaired) electrons. The summed E-state index contributed by atoms with van der Waals surface area (Å²) in [5.41, 5.74) is 0.154. The maximum absolute atomic E-state index is 12.7. The number of alkyl halides is 3. The third kappa shape index (κ3) is 6.62. The van der Waals surface area contributed by atoms with Crippen LogP contribution in [0.25, 0.3) is 0 Å². The largest absolute Gasteiger partial charge is 0.548 e. The lowest BCUT2D eigenvalue weighted by molar-refractivity contribution is -0.303. The van der Waals surface area contributed by atoms with E-state index in [4.69, 9.17) is 9.47 Å². The molecule has 0 aliphatic carbocycles. The van der Waals surface area contributed by atoms with Gasteiger partial charge < -0.3 is 29.6 Å². The van der Waals surface area contributed by atoms with Crippen LogP contribution in [0, 0.1) is 0 Å². The van der Waals surface area contributed by atoms with Gasteiger partial charge in [-0.25, -0.2) is 4.98 Å². The van der Waals surface area contributed by atoms with E-state index in [2.05, 4.69) is 10.3 Å². The highest BCUT2D eigenvalue weighted by Gasteiger charge is 2.30. The number of likely N-dealkylation sites (N-methyl/N-ethyl adjacent to an activating group) is 1. The monoisotopic (exact) mass is 488 g/mol. The van der Waals surface area contributed by atoms with E-state index in [1.807, 2.05) is 0 Å². The quantitative estimate of drug-likeness (QED) is 0.490. The van der Waals surface area contributed by atoms with Gasteiger partial charge in [0.1, 0.15) is 0 Å². The maximum Gasteiger partial charge on any atom is 0.416 e. The molecule has 0 bridgehead atoms. The van der Waals surface area contributed by atoms with Crippen LogP contribution < -0.4 is 24.8 Å². The normalized spacial score (nSPS) is 11.0. The maximum atomic E-state index is 12.7. The molecule has 1 aromatic heterocycles.